The van der Waals surface area contributed by atoms with Crippen LogP contribution in [0.2, 0.25) is 0 Å². The van der Waals surface area contributed by atoms with Crippen LogP contribution in [0.1, 0.15) is 81.8 Å². The van der Waals surface area contributed by atoms with Crippen LogP contribution in [0.15, 0.2) is 48.5 Å². The van der Waals surface area contributed by atoms with E-state index in [1.807, 2.05) is 24.3 Å². The first-order valence-electron chi connectivity index (χ1n) is 15.8. The van der Waals surface area contributed by atoms with E-state index in [4.69, 9.17) is 0 Å². The van der Waals surface area contributed by atoms with Crippen molar-refractivity contribution >= 4 is 11.4 Å². The summed E-state index contributed by atoms with van der Waals surface area (Å²) in [7, 11) is 4.67. The molecule has 2 aliphatic heterocycles. The van der Waals surface area contributed by atoms with Crippen LogP contribution in [-0.4, -0.2) is 59.1 Å². The summed E-state index contributed by atoms with van der Waals surface area (Å²) >= 11 is 0. The lowest BCUT2D eigenvalue weighted by Crippen LogP contribution is -3.00. The Morgan fingerprint density at radius 2 is 0.884 bits per heavy atom. The average Bonchev–Trinajstić information content (AvgIpc) is 2.95. The van der Waals surface area contributed by atoms with Crippen LogP contribution < -0.4 is 34.0 Å². The molecule has 2 aliphatic rings. The Morgan fingerprint density at radius 3 is 1.19 bits per heavy atom. The topological polar surface area (TPSA) is 86.3 Å². The Bertz CT molecular complexity index is 1040. The molecule has 0 atom stereocenters. The SMILES string of the molecule is C[N+]1(Cc2ccc([N+](=O)[O-])cc2)CCC(CCCCCCCC2CC[N+](C)(Cc3ccc([N+](=O)[O-])cc3)CC2)CC1.[Br-].[Br-]. The molecule has 2 heterocycles. The number of rotatable bonds is 14. The number of piperidine rings is 2. The van der Waals surface area contributed by atoms with Crippen LogP contribution in [0.4, 0.5) is 11.4 Å². The number of non-ortho nitro benzene ring substituents is 2. The molecule has 8 nitrogen and oxygen atoms in total. The largest absolute Gasteiger partial charge is 1.00 e. The Morgan fingerprint density at radius 1 is 0.581 bits per heavy atom. The van der Waals surface area contributed by atoms with Crippen molar-refractivity contribution in [1.82, 2.24) is 0 Å². The molecule has 2 saturated heterocycles. The highest BCUT2D eigenvalue weighted by Gasteiger charge is 2.31. The van der Waals surface area contributed by atoms with E-state index in [0.717, 1.165) is 33.9 Å². The van der Waals surface area contributed by atoms with Crippen molar-refractivity contribution in [3.8, 4) is 0 Å². The quantitative estimate of drug-likeness (QED) is 0.128. The van der Waals surface area contributed by atoms with E-state index in [9.17, 15) is 20.2 Å². The van der Waals surface area contributed by atoms with Crippen LogP contribution in [-0.2, 0) is 13.1 Å². The first-order chi connectivity index (χ1) is 19.6. The summed E-state index contributed by atoms with van der Waals surface area (Å²) in [5.41, 5.74) is 2.73. The minimum absolute atomic E-state index is 0. The van der Waals surface area contributed by atoms with Gasteiger partial charge in [0.25, 0.3) is 11.4 Å². The number of halogens is 2. The van der Waals surface area contributed by atoms with E-state index in [2.05, 4.69) is 14.1 Å². The van der Waals surface area contributed by atoms with E-state index in [1.165, 1.54) is 108 Å². The maximum Gasteiger partial charge on any atom is 0.269 e. The molecule has 0 radical (unpaired) electrons. The molecule has 0 aliphatic carbocycles. The van der Waals surface area contributed by atoms with E-state index in [1.54, 1.807) is 24.3 Å². The van der Waals surface area contributed by atoms with Gasteiger partial charge in [0.1, 0.15) is 13.1 Å². The molecule has 43 heavy (non-hydrogen) atoms. The van der Waals surface area contributed by atoms with Gasteiger partial charge in [-0.15, -0.1) is 0 Å². The van der Waals surface area contributed by atoms with Gasteiger partial charge in [0.05, 0.1) is 50.1 Å². The summed E-state index contributed by atoms with van der Waals surface area (Å²) in [4.78, 5) is 21.1. The average molecular weight is 727 g/mol. The summed E-state index contributed by atoms with van der Waals surface area (Å²) in [5.74, 6) is 1.72. The lowest BCUT2D eigenvalue weighted by atomic mass is 9.88. The van der Waals surface area contributed by atoms with Gasteiger partial charge in [-0.1, -0.05) is 44.9 Å². The maximum absolute atomic E-state index is 10.9. The molecule has 10 heteroatoms. The number of nitrogens with zero attached hydrogens (tertiary/aromatic N) is 4. The molecule has 0 saturated carbocycles. The van der Waals surface area contributed by atoms with Crippen molar-refractivity contribution in [3.05, 3.63) is 79.9 Å². The number of likely N-dealkylation sites (tertiary alicyclic amines) is 2. The third-order valence-electron chi connectivity index (χ3n) is 9.96. The molecule has 0 unspecified atom stereocenters. The van der Waals surface area contributed by atoms with Gasteiger partial charge < -0.3 is 42.9 Å². The van der Waals surface area contributed by atoms with E-state index < -0.39 is 0 Å². The molecule has 0 aromatic heterocycles. The number of quaternary nitrogens is 2. The zero-order valence-corrected chi connectivity index (χ0v) is 29.1. The van der Waals surface area contributed by atoms with Crippen molar-refractivity contribution in [3.63, 3.8) is 0 Å². The third kappa shape index (κ3) is 11.9. The number of hydrogen-bond donors (Lipinski definition) is 0. The van der Waals surface area contributed by atoms with Crippen molar-refractivity contribution in [1.29, 1.82) is 0 Å². The second-order valence-electron chi connectivity index (χ2n) is 13.5. The lowest BCUT2D eigenvalue weighted by Gasteiger charge is -2.41. The van der Waals surface area contributed by atoms with Crippen molar-refractivity contribution < 1.29 is 52.8 Å². The number of unbranched alkanes of at least 4 members (excludes halogenated alkanes) is 4. The Kier molecular flexibility index (Phi) is 15.2. The highest BCUT2D eigenvalue weighted by molar-refractivity contribution is 5.33. The van der Waals surface area contributed by atoms with Gasteiger partial charge in [0.2, 0.25) is 0 Å². The fraction of sp³-hybridized carbons (Fsp3) is 0.636. The highest BCUT2D eigenvalue weighted by Crippen LogP contribution is 2.30. The van der Waals surface area contributed by atoms with Crippen molar-refractivity contribution in [2.24, 2.45) is 11.8 Å². The molecule has 0 bridgehead atoms. The van der Waals surface area contributed by atoms with Gasteiger partial charge >= 0.3 is 0 Å². The smallest absolute Gasteiger partial charge is 0.269 e. The molecular formula is C33H50Br2N4O4. The first-order valence-corrected chi connectivity index (χ1v) is 15.8. The number of benzene rings is 2. The normalized spacial score (nSPS) is 25.3. The standard InChI is InChI=1S/C33H50N4O4.2BrH/c1-36(26-30-10-14-32(15-11-30)34(38)39)22-18-28(19-23-36)8-6-4-3-5-7-9-29-20-24-37(2,25-21-29)27-31-12-16-33(17-13-31)35(40)41;;/h10-17,28-29H,3-9,18-27H2,1-2H3;2*1H/q+2;;/p-2. The fourth-order valence-corrected chi connectivity index (χ4v) is 7.11. The van der Waals surface area contributed by atoms with Gasteiger partial charge in [-0.05, 0) is 61.8 Å². The second kappa shape index (κ2) is 17.6. The molecule has 4 rings (SSSR count). The maximum atomic E-state index is 10.9. The van der Waals surface area contributed by atoms with Gasteiger partial charge in [0, 0.05) is 35.4 Å². The van der Waals surface area contributed by atoms with Crippen LogP contribution in [0.25, 0.3) is 0 Å². The van der Waals surface area contributed by atoms with Gasteiger partial charge in [-0.25, -0.2) is 0 Å². The molecule has 2 fully saturated rings. The van der Waals surface area contributed by atoms with E-state index in [-0.39, 0.29) is 55.2 Å². The molecular weight excluding hydrogens is 676 g/mol. The second-order valence-corrected chi connectivity index (χ2v) is 13.5. The number of nitro benzene ring substituents is 2. The molecule has 0 spiro atoms. The lowest BCUT2D eigenvalue weighted by molar-refractivity contribution is -0.928. The summed E-state index contributed by atoms with van der Waals surface area (Å²) in [6, 6.07) is 14.2. The predicted molar refractivity (Wildman–Crippen MR) is 163 cm³/mol. The molecule has 0 amide bonds. The molecule has 2 aromatic rings. The summed E-state index contributed by atoms with van der Waals surface area (Å²) in [6.45, 7) is 6.74. The van der Waals surface area contributed by atoms with Crippen LogP contribution >= 0.6 is 0 Å². The molecule has 0 N–H and O–H groups in total. The van der Waals surface area contributed by atoms with Crippen molar-refractivity contribution in [2.75, 3.05) is 40.3 Å². The monoisotopic (exact) mass is 724 g/mol. The third-order valence-corrected chi connectivity index (χ3v) is 9.96. The molecule has 240 valence electrons. The Hall–Kier alpha value is -1.88. The van der Waals surface area contributed by atoms with Gasteiger partial charge in [-0.3, -0.25) is 20.2 Å². The summed E-state index contributed by atoms with van der Waals surface area (Å²) in [5, 5.41) is 21.8. The fourth-order valence-electron chi connectivity index (χ4n) is 7.11. The van der Waals surface area contributed by atoms with Crippen LogP contribution in [0, 0.1) is 32.1 Å². The zero-order chi connectivity index (χ0) is 29.3. The molecule has 2 aromatic carbocycles. The van der Waals surface area contributed by atoms with E-state index in [0.29, 0.717) is 0 Å². The predicted octanol–water partition coefficient (Wildman–Crippen LogP) is 1.66. The highest BCUT2D eigenvalue weighted by atomic mass is 79.9. The first kappa shape index (κ1) is 37.3. The van der Waals surface area contributed by atoms with Gasteiger partial charge in [-0.2, -0.15) is 0 Å². The van der Waals surface area contributed by atoms with Crippen LogP contribution in [0.5, 0.6) is 0 Å². The minimum atomic E-state index is -0.328. The van der Waals surface area contributed by atoms with Gasteiger partial charge in [0.15, 0.2) is 0 Å². The summed E-state index contributed by atoms with van der Waals surface area (Å²) in [6.07, 6.45) is 14.7. The Balaban J connectivity index is 0.00000323. The Labute approximate surface area is 278 Å². The summed E-state index contributed by atoms with van der Waals surface area (Å²) < 4.78 is 2.09. The zero-order valence-electron chi connectivity index (χ0n) is 26.0. The minimum Gasteiger partial charge on any atom is -1.00 e. The van der Waals surface area contributed by atoms with Crippen molar-refractivity contribution in [2.45, 2.75) is 83.7 Å². The number of nitro groups is 2. The van der Waals surface area contributed by atoms with Crippen LogP contribution in [0.3, 0.4) is 0 Å². The van der Waals surface area contributed by atoms with E-state index >= 15 is 0 Å². The number of hydrogen-bond acceptors (Lipinski definition) is 4.